The highest BCUT2D eigenvalue weighted by Crippen LogP contribution is 2.27. The van der Waals surface area contributed by atoms with Crippen LogP contribution < -0.4 is 5.32 Å². The highest BCUT2D eigenvalue weighted by atomic mass is 79.9. The number of fused-ring (bicyclic) bond motifs is 1. The van der Waals surface area contributed by atoms with E-state index in [1.807, 2.05) is 11.4 Å². The van der Waals surface area contributed by atoms with Gasteiger partial charge >= 0.3 is 0 Å². The summed E-state index contributed by atoms with van der Waals surface area (Å²) in [6.07, 6.45) is 0. The van der Waals surface area contributed by atoms with Crippen LogP contribution in [0.15, 0.2) is 27.4 Å². The predicted molar refractivity (Wildman–Crippen MR) is 81.8 cm³/mol. The van der Waals surface area contributed by atoms with Gasteiger partial charge in [0.05, 0.1) is 11.9 Å². The number of aromatic nitrogens is 2. The summed E-state index contributed by atoms with van der Waals surface area (Å²) in [7, 11) is 0. The molecule has 3 nitrogen and oxygen atoms in total. The first-order valence-electron chi connectivity index (χ1n) is 5.10. The first kappa shape index (κ1) is 12.3. The van der Waals surface area contributed by atoms with Crippen molar-refractivity contribution in [2.45, 2.75) is 6.54 Å². The highest BCUT2D eigenvalue weighted by Gasteiger charge is 2.07. The lowest BCUT2D eigenvalue weighted by Gasteiger charge is -2.05. The van der Waals surface area contributed by atoms with E-state index in [9.17, 15) is 0 Å². The van der Waals surface area contributed by atoms with Gasteiger partial charge < -0.3 is 5.32 Å². The van der Waals surface area contributed by atoms with E-state index in [1.54, 1.807) is 22.7 Å². The molecule has 1 N–H and O–H groups in total. The highest BCUT2D eigenvalue weighted by molar-refractivity contribution is 9.10. The number of nitrogens with zero attached hydrogens (tertiary/aromatic N) is 2. The molecule has 0 radical (unpaired) electrons. The fraction of sp³-hybridized carbons (Fsp3) is 0.0909. The van der Waals surface area contributed by atoms with Crippen molar-refractivity contribution >= 4 is 66.2 Å². The maximum absolute atomic E-state index is 5.91. The third-order valence-corrected chi connectivity index (χ3v) is 5.02. The third-order valence-electron chi connectivity index (χ3n) is 2.35. The van der Waals surface area contributed by atoms with Gasteiger partial charge in [0.1, 0.15) is 10.6 Å². The smallest absolute Gasteiger partial charge is 0.225 e. The molecule has 0 aliphatic heterocycles. The lowest BCUT2D eigenvalue weighted by molar-refractivity contribution is 1.13. The molecule has 3 aromatic rings. The largest absolute Gasteiger partial charge is 0.364 e. The van der Waals surface area contributed by atoms with E-state index in [0.717, 1.165) is 27.1 Å². The monoisotopic (exact) mass is 359 g/mol. The second-order valence-corrected chi connectivity index (χ2v) is 6.71. The predicted octanol–water partition coefficient (Wildman–Crippen LogP) is 4.78. The number of nitrogens with one attached hydrogen (secondary N) is 1. The second-order valence-electron chi connectivity index (χ2n) is 3.57. The molecule has 0 bridgehead atoms. The molecular formula is C11H7BrClN3S2. The van der Waals surface area contributed by atoms with Crippen LogP contribution in [-0.2, 0) is 6.54 Å². The standard InChI is InChI=1S/C11H7BrClN3S2/c12-6-3-7(18-5-6)4-14-9-8-1-2-17-10(8)16-11(13)15-9/h1-3,5H,4H2,(H,14,15,16). The zero-order valence-corrected chi connectivity index (χ0v) is 13.0. The van der Waals surface area contributed by atoms with Crippen LogP contribution in [0, 0.1) is 0 Å². The lowest BCUT2D eigenvalue weighted by Crippen LogP contribution is -2.01. The molecule has 0 unspecified atom stereocenters. The van der Waals surface area contributed by atoms with Gasteiger partial charge in [-0.15, -0.1) is 22.7 Å². The molecule has 0 saturated heterocycles. The van der Waals surface area contributed by atoms with E-state index in [4.69, 9.17) is 11.6 Å². The Bertz CT molecular complexity index is 694. The molecule has 0 aliphatic rings. The van der Waals surface area contributed by atoms with Gasteiger partial charge in [-0.3, -0.25) is 0 Å². The molecule has 18 heavy (non-hydrogen) atoms. The van der Waals surface area contributed by atoms with Crippen molar-refractivity contribution in [1.29, 1.82) is 0 Å². The van der Waals surface area contributed by atoms with Crippen LogP contribution in [0.25, 0.3) is 10.2 Å². The van der Waals surface area contributed by atoms with Crippen LogP contribution in [0.3, 0.4) is 0 Å². The topological polar surface area (TPSA) is 37.8 Å². The summed E-state index contributed by atoms with van der Waals surface area (Å²) < 4.78 is 1.10. The normalized spacial score (nSPS) is 11.0. The molecule has 0 atom stereocenters. The summed E-state index contributed by atoms with van der Waals surface area (Å²) in [5.74, 6) is 0.788. The van der Waals surface area contributed by atoms with Crippen molar-refractivity contribution in [1.82, 2.24) is 9.97 Å². The Kier molecular flexibility index (Phi) is 3.52. The molecule has 3 heterocycles. The molecule has 92 valence electrons. The number of thiophene rings is 2. The lowest BCUT2D eigenvalue weighted by atomic mass is 10.3. The number of halogens is 2. The summed E-state index contributed by atoms with van der Waals surface area (Å²) in [6.45, 7) is 0.731. The van der Waals surface area contributed by atoms with Gasteiger partial charge in [-0.2, -0.15) is 0 Å². The van der Waals surface area contributed by atoms with Crippen molar-refractivity contribution in [3.8, 4) is 0 Å². The molecule has 3 aromatic heterocycles. The number of hydrogen-bond acceptors (Lipinski definition) is 5. The van der Waals surface area contributed by atoms with Crippen LogP contribution in [0.1, 0.15) is 4.88 Å². The van der Waals surface area contributed by atoms with Crippen LogP contribution in [-0.4, -0.2) is 9.97 Å². The zero-order valence-electron chi connectivity index (χ0n) is 8.98. The average Bonchev–Trinajstić information content (AvgIpc) is 2.94. The van der Waals surface area contributed by atoms with Gasteiger partial charge in [0.2, 0.25) is 5.28 Å². The van der Waals surface area contributed by atoms with E-state index in [-0.39, 0.29) is 5.28 Å². The van der Waals surface area contributed by atoms with Crippen molar-refractivity contribution in [2.24, 2.45) is 0 Å². The summed E-state index contributed by atoms with van der Waals surface area (Å²) >= 11 is 12.6. The number of rotatable bonds is 3. The molecule has 0 aliphatic carbocycles. The fourth-order valence-electron chi connectivity index (χ4n) is 1.58. The second kappa shape index (κ2) is 5.13. The van der Waals surface area contributed by atoms with E-state index in [1.165, 1.54) is 4.88 Å². The molecule has 0 amide bonds. The quantitative estimate of drug-likeness (QED) is 0.683. The Balaban J connectivity index is 1.87. The minimum Gasteiger partial charge on any atom is -0.364 e. The number of hydrogen-bond donors (Lipinski definition) is 1. The van der Waals surface area contributed by atoms with Crippen LogP contribution >= 0.6 is 50.2 Å². The summed E-state index contributed by atoms with van der Waals surface area (Å²) in [6, 6.07) is 4.09. The summed E-state index contributed by atoms with van der Waals surface area (Å²) in [5, 5.41) is 8.64. The van der Waals surface area contributed by atoms with Gasteiger partial charge in [0.15, 0.2) is 0 Å². The van der Waals surface area contributed by atoms with Crippen molar-refractivity contribution in [3.63, 3.8) is 0 Å². The van der Waals surface area contributed by atoms with Crippen molar-refractivity contribution in [3.05, 3.63) is 37.5 Å². The van der Waals surface area contributed by atoms with E-state index in [2.05, 4.69) is 42.7 Å². The van der Waals surface area contributed by atoms with Crippen LogP contribution in [0.2, 0.25) is 5.28 Å². The molecule has 0 saturated carbocycles. The van der Waals surface area contributed by atoms with E-state index in [0.29, 0.717) is 0 Å². The van der Waals surface area contributed by atoms with Gasteiger partial charge in [-0.05, 0) is 45.0 Å². The molecule has 0 fully saturated rings. The maximum Gasteiger partial charge on any atom is 0.225 e. The Morgan fingerprint density at radius 2 is 2.22 bits per heavy atom. The Hall–Kier alpha value is -0.690. The van der Waals surface area contributed by atoms with Gasteiger partial charge in [-0.1, -0.05) is 0 Å². The first-order valence-corrected chi connectivity index (χ1v) is 8.03. The van der Waals surface area contributed by atoms with Crippen LogP contribution in [0.5, 0.6) is 0 Å². The molecule has 0 spiro atoms. The third kappa shape index (κ3) is 2.51. The maximum atomic E-state index is 5.91. The van der Waals surface area contributed by atoms with Crippen molar-refractivity contribution < 1.29 is 0 Å². The molecule has 0 aromatic carbocycles. The Labute approximate surface area is 125 Å². The van der Waals surface area contributed by atoms with Gasteiger partial charge in [0, 0.05) is 14.7 Å². The average molecular weight is 361 g/mol. The van der Waals surface area contributed by atoms with Gasteiger partial charge in [0.25, 0.3) is 0 Å². The zero-order chi connectivity index (χ0) is 12.5. The minimum atomic E-state index is 0.278. The van der Waals surface area contributed by atoms with Crippen molar-refractivity contribution in [2.75, 3.05) is 5.32 Å². The first-order chi connectivity index (χ1) is 8.72. The molecular weight excluding hydrogens is 354 g/mol. The molecule has 7 heteroatoms. The Morgan fingerprint density at radius 3 is 3.00 bits per heavy atom. The van der Waals surface area contributed by atoms with Gasteiger partial charge in [-0.25, -0.2) is 9.97 Å². The SMILES string of the molecule is Clc1nc(NCc2cc(Br)cs2)c2ccsc2n1. The number of anilines is 1. The minimum absolute atomic E-state index is 0.278. The fourth-order valence-corrected chi connectivity index (χ4v) is 3.96. The van der Waals surface area contributed by atoms with E-state index >= 15 is 0 Å². The van der Waals surface area contributed by atoms with Crippen LogP contribution in [0.4, 0.5) is 5.82 Å². The Morgan fingerprint density at radius 1 is 1.33 bits per heavy atom. The molecule has 3 rings (SSSR count). The summed E-state index contributed by atoms with van der Waals surface area (Å²) in [5.41, 5.74) is 0. The van der Waals surface area contributed by atoms with E-state index < -0.39 is 0 Å². The summed E-state index contributed by atoms with van der Waals surface area (Å²) in [4.78, 5) is 10.6.